The summed E-state index contributed by atoms with van der Waals surface area (Å²) in [5, 5.41) is 14.2. The zero-order valence-corrected chi connectivity index (χ0v) is 16.0. The molecule has 3 heterocycles. The number of hydrogen-bond donors (Lipinski definition) is 2. The number of imidazole rings is 1. The molecule has 1 unspecified atom stereocenters. The molecule has 4 rings (SSSR count). The van der Waals surface area contributed by atoms with Crippen LogP contribution in [0.4, 0.5) is 0 Å². The van der Waals surface area contributed by atoms with E-state index in [2.05, 4.69) is 16.2 Å². The highest BCUT2D eigenvalue weighted by atomic mass is 16.5. The molecule has 0 spiro atoms. The van der Waals surface area contributed by atoms with Gasteiger partial charge in [-0.3, -0.25) is 9.36 Å². The number of nitrogens with two attached hydrogens (primary N) is 2. The number of benzene rings is 1. The van der Waals surface area contributed by atoms with E-state index in [-0.39, 0.29) is 17.6 Å². The van der Waals surface area contributed by atoms with Crippen LogP contribution in [0.15, 0.2) is 48.1 Å². The first-order chi connectivity index (χ1) is 14.0. The van der Waals surface area contributed by atoms with E-state index < -0.39 is 5.91 Å². The van der Waals surface area contributed by atoms with Crippen LogP contribution in [0, 0.1) is 11.3 Å². The summed E-state index contributed by atoms with van der Waals surface area (Å²) in [7, 11) is 1.78. The number of aryl methyl sites for hydroxylation is 2. The summed E-state index contributed by atoms with van der Waals surface area (Å²) in [6, 6.07) is 9.64. The Morgan fingerprint density at radius 3 is 2.69 bits per heavy atom. The Balaban J connectivity index is 1.83. The predicted molar refractivity (Wildman–Crippen MR) is 104 cm³/mol. The quantitative estimate of drug-likeness (QED) is 0.693. The van der Waals surface area contributed by atoms with Gasteiger partial charge in [0.1, 0.15) is 11.6 Å². The fraction of sp³-hybridized carbons (Fsp3) is 0.200. The minimum atomic E-state index is -0.612. The molecule has 1 aliphatic rings. The molecule has 2 aromatic heterocycles. The number of carbonyl (C=O) groups is 1. The van der Waals surface area contributed by atoms with Gasteiger partial charge in [0.15, 0.2) is 0 Å². The molecule has 29 heavy (non-hydrogen) atoms. The van der Waals surface area contributed by atoms with Gasteiger partial charge in [-0.05, 0) is 24.1 Å². The minimum Gasteiger partial charge on any atom is -0.422 e. The standard InChI is InChI=1S/C20H19N7O2/c1-3-14-16-15(13(10-21)18(23)29-20(16)26(2)25-14)11-4-6-12(7-5-11)27-9-8-24-19(27)17(22)28/h4-9,15H,3,23H2,1-2H3,(H2,22,28). The minimum absolute atomic E-state index is 0.0744. The van der Waals surface area contributed by atoms with Crippen LogP contribution in [0.2, 0.25) is 0 Å². The molecule has 0 radical (unpaired) electrons. The Morgan fingerprint density at radius 1 is 1.34 bits per heavy atom. The van der Waals surface area contributed by atoms with Crippen LogP contribution in [0.3, 0.4) is 0 Å². The van der Waals surface area contributed by atoms with Gasteiger partial charge in [0.05, 0.1) is 17.2 Å². The number of aromatic nitrogens is 4. The van der Waals surface area contributed by atoms with Gasteiger partial charge < -0.3 is 16.2 Å². The molecular formula is C20H19N7O2. The number of nitriles is 1. The van der Waals surface area contributed by atoms with E-state index >= 15 is 0 Å². The van der Waals surface area contributed by atoms with E-state index in [1.165, 1.54) is 6.20 Å². The SMILES string of the molecule is CCc1nn(C)c2c1C(c1ccc(-n3ccnc3C(N)=O)cc1)C(C#N)=C(N)O2. The zero-order chi connectivity index (χ0) is 20.7. The van der Waals surface area contributed by atoms with Crippen molar-refractivity contribution in [3.63, 3.8) is 0 Å². The molecule has 9 heteroatoms. The Bertz CT molecular complexity index is 1180. The second-order valence-corrected chi connectivity index (χ2v) is 6.64. The van der Waals surface area contributed by atoms with Gasteiger partial charge in [-0.1, -0.05) is 19.1 Å². The predicted octanol–water partition coefficient (Wildman–Crippen LogP) is 1.49. The number of amides is 1. The highest BCUT2D eigenvalue weighted by Crippen LogP contribution is 2.43. The maximum atomic E-state index is 11.6. The number of carbonyl (C=O) groups excluding carboxylic acids is 1. The maximum Gasteiger partial charge on any atom is 0.285 e. The molecule has 1 atom stereocenters. The Morgan fingerprint density at radius 2 is 2.07 bits per heavy atom. The van der Waals surface area contributed by atoms with E-state index in [1.807, 2.05) is 31.2 Å². The van der Waals surface area contributed by atoms with Gasteiger partial charge in [0.25, 0.3) is 5.91 Å². The Hall–Kier alpha value is -4.06. The van der Waals surface area contributed by atoms with Crippen LogP contribution in [0.25, 0.3) is 5.69 Å². The number of allylic oxidation sites excluding steroid dienone is 1. The fourth-order valence-electron chi connectivity index (χ4n) is 3.67. The third kappa shape index (κ3) is 2.82. The van der Waals surface area contributed by atoms with Gasteiger partial charge in [-0.15, -0.1) is 0 Å². The van der Waals surface area contributed by atoms with Gasteiger partial charge in [-0.2, -0.15) is 10.4 Å². The summed E-state index contributed by atoms with van der Waals surface area (Å²) < 4.78 is 8.95. The molecule has 0 saturated heterocycles. The molecule has 1 aliphatic heterocycles. The lowest BCUT2D eigenvalue weighted by molar-refractivity contribution is 0.0989. The summed E-state index contributed by atoms with van der Waals surface area (Å²) >= 11 is 0. The van der Waals surface area contributed by atoms with Gasteiger partial charge >= 0.3 is 0 Å². The largest absolute Gasteiger partial charge is 0.422 e. The number of rotatable bonds is 4. The van der Waals surface area contributed by atoms with Crippen molar-refractivity contribution in [1.82, 2.24) is 19.3 Å². The van der Waals surface area contributed by atoms with E-state index in [0.29, 0.717) is 17.9 Å². The average Bonchev–Trinajstić information content (AvgIpc) is 3.32. The van der Waals surface area contributed by atoms with Crippen LogP contribution >= 0.6 is 0 Å². The van der Waals surface area contributed by atoms with E-state index in [4.69, 9.17) is 16.2 Å². The topological polar surface area (TPSA) is 138 Å². The van der Waals surface area contributed by atoms with E-state index in [9.17, 15) is 10.1 Å². The number of nitrogens with zero attached hydrogens (tertiary/aromatic N) is 5. The first-order valence-corrected chi connectivity index (χ1v) is 9.03. The number of primary amides is 1. The number of ether oxygens (including phenoxy) is 1. The summed E-state index contributed by atoms with van der Waals surface area (Å²) in [4.78, 5) is 15.5. The van der Waals surface area contributed by atoms with Crippen molar-refractivity contribution in [3.05, 3.63) is 70.8 Å². The molecule has 0 saturated carbocycles. The molecule has 146 valence electrons. The van der Waals surface area contributed by atoms with Crippen LogP contribution in [0.1, 0.15) is 40.3 Å². The van der Waals surface area contributed by atoms with Gasteiger partial charge in [0.2, 0.25) is 17.6 Å². The zero-order valence-electron chi connectivity index (χ0n) is 16.0. The van der Waals surface area contributed by atoms with Crippen molar-refractivity contribution in [2.45, 2.75) is 19.3 Å². The van der Waals surface area contributed by atoms with Crippen molar-refractivity contribution in [2.24, 2.45) is 18.5 Å². The van der Waals surface area contributed by atoms with Crippen LogP contribution in [-0.2, 0) is 13.5 Å². The maximum absolute atomic E-state index is 11.6. The smallest absolute Gasteiger partial charge is 0.285 e. The normalized spacial score (nSPS) is 15.6. The van der Waals surface area contributed by atoms with Crippen molar-refractivity contribution in [1.29, 1.82) is 5.26 Å². The monoisotopic (exact) mass is 389 g/mol. The van der Waals surface area contributed by atoms with Crippen LogP contribution < -0.4 is 16.2 Å². The van der Waals surface area contributed by atoms with Crippen LogP contribution in [0.5, 0.6) is 5.88 Å². The lowest BCUT2D eigenvalue weighted by Crippen LogP contribution is -2.22. The van der Waals surface area contributed by atoms with Crippen molar-refractivity contribution >= 4 is 5.91 Å². The summed E-state index contributed by atoms with van der Waals surface area (Å²) in [5.74, 6) is -0.240. The molecule has 9 nitrogen and oxygen atoms in total. The third-order valence-corrected chi connectivity index (χ3v) is 4.98. The molecule has 0 aliphatic carbocycles. The Kier molecular flexibility index (Phi) is 4.31. The summed E-state index contributed by atoms with van der Waals surface area (Å²) in [6.07, 6.45) is 3.87. The highest BCUT2D eigenvalue weighted by molar-refractivity contribution is 5.89. The molecule has 1 aromatic carbocycles. The highest BCUT2D eigenvalue weighted by Gasteiger charge is 2.35. The second-order valence-electron chi connectivity index (χ2n) is 6.64. The summed E-state index contributed by atoms with van der Waals surface area (Å²) in [6.45, 7) is 2.00. The number of fused-ring (bicyclic) bond motifs is 1. The molecule has 3 aromatic rings. The van der Waals surface area contributed by atoms with Crippen molar-refractivity contribution in [3.8, 4) is 17.6 Å². The van der Waals surface area contributed by atoms with Gasteiger partial charge in [0, 0.05) is 25.1 Å². The van der Waals surface area contributed by atoms with Crippen molar-refractivity contribution in [2.75, 3.05) is 0 Å². The molecule has 1 amide bonds. The second kappa shape index (κ2) is 6.83. The molecule has 0 fully saturated rings. The Labute approximate surface area is 166 Å². The van der Waals surface area contributed by atoms with E-state index in [0.717, 1.165) is 22.5 Å². The molecule has 4 N–H and O–H groups in total. The first kappa shape index (κ1) is 18.3. The lowest BCUT2D eigenvalue weighted by atomic mass is 9.83. The first-order valence-electron chi connectivity index (χ1n) is 9.03. The van der Waals surface area contributed by atoms with Crippen molar-refractivity contribution < 1.29 is 9.53 Å². The fourth-order valence-corrected chi connectivity index (χ4v) is 3.67. The third-order valence-electron chi connectivity index (χ3n) is 4.98. The average molecular weight is 389 g/mol. The molecular weight excluding hydrogens is 370 g/mol. The molecule has 0 bridgehead atoms. The van der Waals surface area contributed by atoms with Crippen LogP contribution in [-0.4, -0.2) is 25.2 Å². The summed E-state index contributed by atoms with van der Waals surface area (Å²) in [5.41, 5.74) is 15.0. The lowest BCUT2D eigenvalue weighted by Gasteiger charge is -2.25. The van der Waals surface area contributed by atoms with Gasteiger partial charge in [-0.25, -0.2) is 9.67 Å². The number of hydrogen-bond acceptors (Lipinski definition) is 6. The van der Waals surface area contributed by atoms with E-state index in [1.54, 1.807) is 22.5 Å².